The van der Waals surface area contributed by atoms with E-state index in [1.165, 1.54) is 23.5 Å². The first-order valence-electron chi connectivity index (χ1n) is 10.2. The van der Waals surface area contributed by atoms with Gasteiger partial charge in [0, 0.05) is 31.0 Å². The fourth-order valence-corrected chi connectivity index (χ4v) is 4.86. The summed E-state index contributed by atoms with van der Waals surface area (Å²) < 4.78 is 14.4. The molecule has 160 valence electrons. The summed E-state index contributed by atoms with van der Waals surface area (Å²) in [5.74, 6) is -1.11. The van der Waals surface area contributed by atoms with E-state index >= 15 is 0 Å². The van der Waals surface area contributed by atoms with E-state index in [1.54, 1.807) is 28.3 Å². The van der Waals surface area contributed by atoms with E-state index in [2.05, 4.69) is 9.97 Å². The number of nitrogens with zero attached hydrogens (tertiary/aromatic N) is 4. The molecule has 6 nitrogen and oxygen atoms in total. The first kappa shape index (κ1) is 20.3. The maximum Gasteiger partial charge on any atom is 0.234 e. The minimum atomic E-state index is -0.497. The Hall–Kier alpha value is -3.65. The third-order valence-electron chi connectivity index (χ3n) is 5.44. The molecule has 1 unspecified atom stereocenters. The lowest BCUT2D eigenvalue weighted by atomic mass is 10.1. The Labute approximate surface area is 187 Å². The molecule has 2 amide bonds. The zero-order valence-electron chi connectivity index (χ0n) is 17.0. The number of amides is 2. The smallest absolute Gasteiger partial charge is 0.234 e. The fourth-order valence-electron chi connectivity index (χ4n) is 3.87. The molecule has 32 heavy (non-hydrogen) atoms. The summed E-state index contributed by atoms with van der Waals surface area (Å²) in [5.41, 5.74) is 2.25. The second-order valence-electron chi connectivity index (χ2n) is 7.64. The lowest BCUT2D eigenvalue weighted by Crippen LogP contribution is -2.37. The van der Waals surface area contributed by atoms with Crippen LogP contribution < -0.4 is 9.80 Å². The van der Waals surface area contributed by atoms with Crippen LogP contribution in [0.2, 0.25) is 0 Å². The van der Waals surface area contributed by atoms with Gasteiger partial charge in [-0.15, -0.1) is 0 Å². The first-order valence-corrected chi connectivity index (χ1v) is 11.0. The molecule has 1 aliphatic heterocycles. The third kappa shape index (κ3) is 3.97. The van der Waals surface area contributed by atoms with Gasteiger partial charge in [0.1, 0.15) is 5.82 Å². The highest BCUT2D eigenvalue weighted by atomic mass is 32.1. The molecule has 5 rings (SSSR count). The number of anilines is 2. The number of hydrogen-bond acceptors (Lipinski definition) is 5. The van der Waals surface area contributed by atoms with Crippen LogP contribution in [0.15, 0.2) is 73.1 Å². The molecule has 0 radical (unpaired) electrons. The Bertz CT molecular complexity index is 1280. The average molecular weight is 447 g/mol. The molecule has 0 saturated carbocycles. The van der Waals surface area contributed by atoms with E-state index < -0.39 is 5.92 Å². The van der Waals surface area contributed by atoms with Gasteiger partial charge in [-0.2, -0.15) is 0 Å². The monoisotopic (exact) mass is 446 g/mol. The molecule has 3 heterocycles. The van der Waals surface area contributed by atoms with Crippen molar-refractivity contribution in [3.63, 3.8) is 0 Å². The average Bonchev–Trinajstić information content (AvgIpc) is 3.41. The normalized spacial score (nSPS) is 16.0. The Kier molecular flexibility index (Phi) is 5.36. The second kappa shape index (κ2) is 8.47. The van der Waals surface area contributed by atoms with E-state index in [9.17, 15) is 14.0 Å². The molecule has 0 spiro atoms. The maximum atomic E-state index is 13.7. The SMILES string of the molecule is O=C1CC(C(=O)N(Cc2cccnc2)c2nc3ccc(F)cc3s2)CN1c1ccccc1. The molecule has 0 aliphatic carbocycles. The van der Waals surface area contributed by atoms with Gasteiger partial charge < -0.3 is 4.90 Å². The largest absolute Gasteiger partial charge is 0.312 e. The highest BCUT2D eigenvalue weighted by Gasteiger charge is 2.38. The molecule has 1 saturated heterocycles. The van der Waals surface area contributed by atoms with Crippen LogP contribution in [-0.4, -0.2) is 28.3 Å². The van der Waals surface area contributed by atoms with Crippen molar-refractivity contribution in [1.82, 2.24) is 9.97 Å². The number of aromatic nitrogens is 2. The summed E-state index contributed by atoms with van der Waals surface area (Å²) in [4.78, 5) is 38.3. The van der Waals surface area contributed by atoms with Crippen molar-refractivity contribution >= 4 is 44.2 Å². The standard InChI is InChI=1S/C24H19FN4O2S/c25-18-8-9-20-21(12-18)32-24(27-20)29(14-16-5-4-10-26-13-16)23(31)17-11-22(30)28(15-17)19-6-2-1-3-7-19/h1-10,12-13,17H,11,14-15H2. The topological polar surface area (TPSA) is 66.4 Å². The van der Waals surface area contributed by atoms with Crippen molar-refractivity contribution in [3.8, 4) is 0 Å². The predicted octanol–water partition coefficient (Wildman–Crippen LogP) is 4.42. The number of carbonyl (C=O) groups excluding carboxylic acids is 2. The highest BCUT2D eigenvalue weighted by molar-refractivity contribution is 7.22. The van der Waals surface area contributed by atoms with E-state index in [-0.39, 0.29) is 30.6 Å². The summed E-state index contributed by atoms with van der Waals surface area (Å²) >= 11 is 1.26. The molecule has 0 bridgehead atoms. The van der Waals surface area contributed by atoms with Crippen LogP contribution in [0.3, 0.4) is 0 Å². The van der Waals surface area contributed by atoms with Gasteiger partial charge in [0.15, 0.2) is 5.13 Å². The number of benzene rings is 2. The van der Waals surface area contributed by atoms with Gasteiger partial charge in [0.05, 0.1) is 22.7 Å². The number of halogens is 1. The van der Waals surface area contributed by atoms with Gasteiger partial charge in [-0.3, -0.25) is 19.5 Å². The van der Waals surface area contributed by atoms with Gasteiger partial charge in [0.25, 0.3) is 0 Å². The maximum absolute atomic E-state index is 13.7. The Morgan fingerprint density at radius 3 is 2.78 bits per heavy atom. The molecule has 2 aromatic heterocycles. The fraction of sp³-hybridized carbons (Fsp3) is 0.167. The number of thiazole rings is 1. The van der Waals surface area contributed by atoms with E-state index in [4.69, 9.17) is 0 Å². The van der Waals surface area contributed by atoms with Crippen LogP contribution in [0.25, 0.3) is 10.2 Å². The van der Waals surface area contributed by atoms with Gasteiger partial charge in [-0.25, -0.2) is 9.37 Å². The van der Waals surface area contributed by atoms with Gasteiger partial charge in [0.2, 0.25) is 11.8 Å². The number of rotatable bonds is 5. The Balaban J connectivity index is 1.47. The lowest BCUT2D eigenvalue weighted by Gasteiger charge is -2.23. The molecular weight excluding hydrogens is 427 g/mol. The first-order chi connectivity index (χ1) is 15.6. The van der Waals surface area contributed by atoms with Crippen molar-refractivity contribution < 1.29 is 14.0 Å². The minimum absolute atomic E-state index is 0.0813. The van der Waals surface area contributed by atoms with Crippen molar-refractivity contribution in [1.29, 1.82) is 0 Å². The lowest BCUT2D eigenvalue weighted by molar-refractivity contribution is -0.124. The predicted molar refractivity (Wildman–Crippen MR) is 122 cm³/mol. The Morgan fingerprint density at radius 1 is 1.16 bits per heavy atom. The van der Waals surface area contributed by atoms with Crippen molar-refractivity contribution in [2.24, 2.45) is 5.92 Å². The summed E-state index contributed by atoms with van der Waals surface area (Å²) in [5, 5.41) is 0.477. The van der Waals surface area contributed by atoms with Crippen molar-refractivity contribution in [2.75, 3.05) is 16.3 Å². The van der Waals surface area contributed by atoms with Crippen LogP contribution in [0.4, 0.5) is 15.2 Å². The second-order valence-corrected chi connectivity index (χ2v) is 8.64. The molecular formula is C24H19FN4O2S. The summed E-state index contributed by atoms with van der Waals surface area (Å²) in [7, 11) is 0. The van der Waals surface area contributed by atoms with Crippen LogP contribution >= 0.6 is 11.3 Å². The van der Waals surface area contributed by atoms with Crippen molar-refractivity contribution in [3.05, 3.63) is 84.4 Å². The van der Waals surface area contributed by atoms with E-state index in [1.807, 2.05) is 42.5 Å². The van der Waals surface area contributed by atoms with Crippen LogP contribution in [0.5, 0.6) is 0 Å². The summed E-state index contributed by atoms with van der Waals surface area (Å²) in [6.07, 6.45) is 3.50. The van der Waals surface area contributed by atoms with Gasteiger partial charge in [-0.05, 0) is 42.0 Å². The van der Waals surface area contributed by atoms with Crippen LogP contribution in [0, 0.1) is 11.7 Å². The molecule has 8 heteroatoms. The quantitative estimate of drug-likeness (QED) is 0.455. The van der Waals surface area contributed by atoms with Crippen LogP contribution in [0.1, 0.15) is 12.0 Å². The van der Waals surface area contributed by atoms with E-state index in [0.29, 0.717) is 21.9 Å². The van der Waals surface area contributed by atoms with Gasteiger partial charge in [-0.1, -0.05) is 35.6 Å². The van der Waals surface area contributed by atoms with E-state index in [0.717, 1.165) is 11.3 Å². The Morgan fingerprint density at radius 2 is 2.00 bits per heavy atom. The van der Waals surface area contributed by atoms with Crippen LogP contribution in [-0.2, 0) is 16.1 Å². The molecule has 1 atom stereocenters. The highest BCUT2D eigenvalue weighted by Crippen LogP contribution is 2.33. The molecule has 2 aromatic carbocycles. The molecule has 4 aromatic rings. The number of carbonyl (C=O) groups is 2. The summed E-state index contributed by atoms with van der Waals surface area (Å²) in [6.45, 7) is 0.579. The number of pyridine rings is 1. The number of hydrogen-bond donors (Lipinski definition) is 0. The zero-order chi connectivity index (χ0) is 22.1. The van der Waals surface area contributed by atoms with Gasteiger partial charge >= 0.3 is 0 Å². The molecule has 0 N–H and O–H groups in total. The third-order valence-corrected chi connectivity index (χ3v) is 6.48. The molecule has 1 fully saturated rings. The number of para-hydroxylation sites is 1. The van der Waals surface area contributed by atoms with Crippen molar-refractivity contribution in [2.45, 2.75) is 13.0 Å². The number of fused-ring (bicyclic) bond motifs is 1. The minimum Gasteiger partial charge on any atom is -0.312 e. The zero-order valence-corrected chi connectivity index (χ0v) is 17.8. The summed E-state index contributed by atoms with van der Waals surface area (Å²) in [6, 6.07) is 17.4. The molecule has 1 aliphatic rings.